The van der Waals surface area contributed by atoms with E-state index in [-0.39, 0.29) is 0 Å². The molecular formula is C84H54N2. The second-order valence-corrected chi connectivity index (χ2v) is 22.7. The van der Waals surface area contributed by atoms with Crippen LogP contribution >= 0.6 is 0 Å². The Morgan fingerprint density at radius 2 is 0.523 bits per heavy atom. The van der Waals surface area contributed by atoms with E-state index in [2.05, 4.69) is 337 Å². The number of nitrogens with zero attached hydrogens (tertiary/aromatic N) is 2. The van der Waals surface area contributed by atoms with Crippen molar-refractivity contribution in [1.29, 1.82) is 0 Å². The van der Waals surface area contributed by atoms with Crippen molar-refractivity contribution in [2.75, 3.05) is 0 Å². The molecule has 16 aromatic carbocycles. The summed E-state index contributed by atoms with van der Waals surface area (Å²) in [4.78, 5) is 0. The van der Waals surface area contributed by atoms with E-state index in [0.717, 1.165) is 0 Å². The summed E-state index contributed by atoms with van der Waals surface area (Å²) in [5.74, 6) is 0. The monoisotopic (exact) mass is 1090 g/mol. The van der Waals surface area contributed by atoms with E-state index in [1.807, 2.05) is 0 Å². The van der Waals surface area contributed by atoms with Gasteiger partial charge in [-0.2, -0.15) is 0 Å². The van der Waals surface area contributed by atoms with Crippen molar-refractivity contribution >= 4 is 108 Å². The van der Waals surface area contributed by atoms with Crippen LogP contribution in [0.4, 0.5) is 0 Å². The molecule has 2 aromatic heterocycles. The van der Waals surface area contributed by atoms with E-state index >= 15 is 0 Å². The summed E-state index contributed by atoms with van der Waals surface area (Å²) in [5.41, 5.74) is 17.3. The Kier molecular flexibility index (Phi) is 11.6. The Morgan fingerprint density at radius 1 is 0.163 bits per heavy atom. The number of hydrogen-bond acceptors (Lipinski definition) is 0. The molecule has 0 aliphatic rings. The third-order valence-electron chi connectivity index (χ3n) is 17.9. The summed E-state index contributed by atoms with van der Waals surface area (Å²) in [6.07, 6.45) is 0. The smallest absolute Gasteiger partial charge is 0.0547 e. The van der Waals surface area contributed by atoms with Crippen molar-refractivity contribution in [1.82, 2.24) is 9.13 Å². The van der Waals surface area contributed by atoms with Crippen LogP contribution in [0.25, 0.3) is 164 Å². The topological polar surface area (TPSA) is 9.86 Å². The minimum atomic E-state index is 1.18. The molecule has 0 amide bonds. The molecule has 0 atom stereocenters. The average molecular weight is 1090 g/mol. The van der Waals surface area contributed by atoms with Gasteiger partial charge in [0.25, 0.3) is 0 Å². The highest BCUT2D eigenvalue weighted by Gasteiger charge is 2.19. The molecule has 0 aliphatic heterocycles. The van der Waals surface area contributed by atoms with Gasteiger partial charge in [0, 0.05) is 32.9 Å². The fourth-order valence-electron chi connectivity index (χ4n) is 13.9. The first-order valence-corrected chi connectivity index (χ1v) is 29.7. The van der Waals surface area contributed by atoms with E-state index in [1.54, 1.807) is 0 Å². The van der Waals surface area contributed by atoms with Gasteiger partial charge in [-0.15, -0.1) is 0 Å². The summed E-state index contributed by atoms with van der Waals surface area (Å²) in [5, 5.41) is 20.3. The van der Waals surface area contributed by atoms with Crippen molar-refractivity contribution in [2.45, 2.75) is 0 Å². The molecule has 0 saturated carbocycles. The first-order chi connectivity index (χ1) is 42.7. The molecule has 0 spiro atoms. The summed E-state index contributed by atoms with van der Waals surface area (Å²) in [6, 6.07) is 120. The maximum atomic E-state index is 2.42. The molecule has 2 heteroatoms. The second-order valence-electron chi connectivity index (χ2n) is 22.7. The van der Waals surface area contributed by atoms with Gasteiger partial charge in [-0.25, -0.2) is 0 Å². The highest BCUT2D eigenvalue weighted by atomic mass is 15.0. The minimum Gasteiger partial charge on any atom is -0.309 e. The van der Waals surface area contributed by atoms with Gasteiger partial charge in [-0.05, 0) is 170 Å². The normalized spacial score (nSPS) is 11.7. The standard InChI is InChI=1S/2C42H27N/c1-2-11-29(12-3-1)34-23-24-35(38-15-7-6-14-37(34)38)31-19-22-36-32(26-31)20-25-41-42(36)39-16-8-9-17-40(39)43(41)33-21-18-28-10-4-5-13-30(28)27-33;1-2-11-29(12-3-1)34-23-24-35(37-15-7-6-14-36(34)37)32-19-18-30-21-25-41-42(39(30)27-32)38-16-8-9-17-40(38)43(41)33-22-20-28-10-4-5-13-31(28)26-33/h2*1-27H. The first-order valence-electron chi connectivity index (χ1n) is 29.7. The van der Waals surface area contributed by atoms with Crippen LogP contribution in [0.3, 0.4) is 0 Å². The van der Waals surface area contributed by atoms with E-state index in [4.69, 9.17) is 0 Å². The van der Waals surface area contributed by atoms with Crippen molar-refractivity contribution in [3.05, 3.63) is 328 Å². The lowest BCUT2D eigenvalue weighted by Crippen LogP contribution is -1.93. The van der Waals surface area contributed by atoms with Crippen LogP contribution in [-0.4, -0.2) is 9.13 Å². The van der Waals surface area contributed by atoms with Gasteiger partial charge in [0.15, 0.2) is 0 Å². The summed E-state index contributed by atoms with van der Waals surface area (Å²) < 4.78 is 4.84. The van der Waals surface area contributed by atoms with E-state index < -0.39 is 0 Å². The van der Waals surface area contributed by atoms with E-state index in [0.29, 0.717) is 0 Å². The van der Waals surface area contributed by atoms with Crippen molar-refractivity contribution < 1.29 is 0 Å². The number of aromatic nitrogens is 2. The maximum absolute atomic E-state index is 2.42. The minimum absolute atomic E-state index is 1.18. The molecular weight excluding hydrogens is 1040 g/mol. The molecule has 0 aliphatic carbocycles. The van der Waals surface area contributed by atoms with Gasteiger partial charge in [0.1, 0.15) is 0 Å². The van der Waals surface area contributed by atoms with Crippen molar-refractivity contribution in [3.8, 4) is 55.9 Å². The maximum Gasteiger partial charge on any atom is 0.0547 e. The van der Waals surface area contributed by atoms with Crippen LogP contribution < -0.4 is 0 Å². The first kappa shape index (κ1) is 49.3. The molecule has 0 bridgehead atoms. The highest BCUT2D eigenvalue weighted by molar-refractivity contribution is 6.24. The molecule has 400 valence electrons. The Bertz CT molecular complexity index is 5710. The van der Waals surface area contributed by atoms with Gasteiger partial charge in [0.2, 0.25) is 0 Å². The Morgan fingerprint density at radius 3 is 1.02 bits per heavy atom. The zero-order valence-electron chi connectivity index (χ0n) is 47.1. The summed E-state index contributed by atoms with van der Waals surface area (Å²) in [6.45, 7) is 0. The Hall–Kier alpha value is -11.3. The molecule has 0 saturated heterocycles. The highest BCUT2D eigenvalue weighted by Crippen LogP contribution is 2.44. The van der Waals surface area contributed by atoms with Gasteiger partial charge < -0.3 is 9.13 Å². The average Bonchev–Trinajstić information content (AvgIpc) is 2.16. The van der Waals surface area contributed by atoms with E-state index in [1.165, 1.54) is 164 Å². The fraction of sp³-hybridized carbons (Fsp3) is 0. The zero-order chi connectivity index (χ0) is 56.7. The Balaban J connectivity index is 0.000000134. The number of para-hydroxylation sites is 2. The SMILES string of the molecule is c1ccc(-c2ccc(-c3ccc4c(ccc5c4c4ccccc4n5-c4ccc5ccccc5c4)c3)c3ccccc23)cc1.c1ccc(-c2ccc(-c3ccc4ccc5c(c4c3)c3ccccc3n5-c3ccc4ccccc4c3)c3ccccc23)cc1. The molecule has 18 aromatic rings. The molecule has 2 heterocycles. The third kappa shape index (κ3) is 8.10. The molecule has 0 fully saturated rings. The summed E-state index contributed by atoms with van der Waals surface area (Å²) >= 11 is 0. The lowest BCUT2D eigenvalue weighted by molar-refractivity contribution is 1.19. The van der Waals surface area contributed by atoms with Crippen molar-refractivity contribution in [3.63, 3.8) is 0 Å². The zero-order valence-corrected chi connectivity index (χ0v) is 47.1. The van der Waals surface area contributed by atoms with E-state index in [9.17, 15) is 0 Å². The fourth-order valence-corrected chi connectivity index (χ4v) is 13.9. The van der Waals surface area contributed by atoms with Gasteiger partial charge in [0.05, 0.1) is 22.1 Å². The predicted molar refractivity (Wildman–Crippen MR) is 368 cm³/mol. The molecule has 18 rings (SSSR count). The number of hydrogen-bond donors (Lipinski definition) is 0. The van der Waals surface area contributed by atoms with Crippen LogP contribution in [0.15, 0.2) is 328 Å². The number of rotatable bonds is 6. The number of benzene rings is 16. The van der Waals surface area contributed by atoms with Crippen LogP contribution in [-0.2, 0) is 0 Å². The lowest BCUT2D eigenvalue weighted by atomic mass is 9.91. The number of fused-ring (bicyclic) bond motifs is 14. The third-order valence-corrected chi connectivity index (χ3v) is 17.9. The second kappa shape index (κ2) is 20.2. The summed E-state index contributed by atoms with van der Waals surface area (Å²) in [7, 11) is 0. The van der Waals surface area contributed by atoms with Gasteiger partial charge >= 0.3 is 0 Å². The Labute approximate surface area is 497 Å². The largest absolute Gasteiger partial charge is 0.309 e. The quantitative estimate of drug-likeness (QED) is 0.157. The van der Waals surface area contributed by atoms with Gasteiger partial charge in [-0.3, -0.25) is 0 Å². The van der Waals surface area contributed by atoms with Crippen LogP contribution in [0.1, 0.15) is 0 Å². The van der Waals surface area contributed by atoms with Crippen LogP contribution in [0.5, 0.6) is 0 Å². The van der Waals surface area contributed by atoms with Gasteiger partial charge in [-0.1, -0.05) is 267 Å². The molecule has 2 nitrogen and oxygen atoms in total. The predicted octanol–water partition coefficient (Wildman–Crippen LogP) is 23.2. The molecule has 86 heavy (non-hydrogen) atoms. The van der Waals surface area contributed by atoms with Crippen LogP contribution in [0, 0.1) is 0 Å². The molecule has 0 N–H and O–H groups in total. The molecule has 0 unspecified atom stereocenters. The molecule has 0 radical (unpaired) electrons. The van der Waals surface area contributed by atoms with Crippen molar-refractivity contribution in [2.24, 2.45) is 0 Å². The lowest BCUT2D eigenvalue weighted by Gasteiger charge is -2.13. The van der Waals surface area contributed by atoms with Crippen LogP contribution in [0.2, 0.25) is 0 Å².